The number of nitrogens with two attached hydrogens (primary N) is 4. The second kappa shape index (κ2) is 41.1. The number of hydrogen-bond donors (Lipinski definition) is 8. The summed E-state index contributed by atoms with van der Waals surface area (Å²) in [6.45, 7) is 26.3. The van der Waals surface area contributed by atoms with Crippen LogP contribution in [-0.2, 0) is 19.2 Å². The van der Waals surface area contributed by atoms with Crippen molar-refractivity contribution in [2.24, 2.45) is 0 Å². The van der Waals surface area contributed by atoms with Crippen molar-refractivity contribution in [3.8, 4) is 91.5 Å². The molecular formula is C99H99N29O12. The molecule has 16 aromatic rings. The zero-order chi connectivity index (χ0) is 98.1. The van der Waals surface area contributed by atoms with Crippen LogP contribution in [0, 0.1) is 27.7 Å². The van der Waals surface area contributed by atoms with E-state index in [1.165, 1.54) is 24.3 Å². The molecule has 0 saturated carbocycles. The van der Waals surface area contributed by atoms with Crippen molar-refractivity contribution in [3.63, 3.8) is 0 Å². The fourth-order valence-electron chi connectivity index (χ4n) is 17.6. The molecule has 0 radical (unpaired) electrons. The van der Waals surface area contributed by atoms with E-state index in [4.69, 9.17) is 62.3 Å². The van der Waals surface area contributed by atoms with Gasteiger partial charge in [0, 0.05) is 117 Å². The number of likely N-dealkylation sites (tertiary alicyclic amines) is 4. The van der Waals surface area contributed by atoms with Gasteiger partial charge < -0.3 is 61.5 Å². The van der Waals surface area contributed by atoms with Crippen molar-refractivity contribution < 1.29 is 38.1 Å². The Balaban J connectivity index is 0.000000129. The van der Waals surface area contributed by atoms with Gasteiger partial charge in [-0.05, 0) is 230 Å². The predicted octanol–water partition coefficient (Wildman–Crippen LogP) is 12.3. The maximum absolute atomic E-state index is 12.8. The quantitative estimate of drug-likeness (QED) is 0.0329. The molecule has 12 N–H and O–H groups in total. The van der Waals surface area contributed by atoms with Crippen LogP contribution in [0.4, 0.5) is 23.3 Å². The summed E-state index contributed by atoms with van der Waals surface area (Å²) in [4.78, 5) is 120. The number of nitrogen functional groups attached to an aromatic ring is 4. The molecular weight excluding hydrogens is 1790 g/mol. The Morgan fingerprint density at radius 1 is 0.357 bits per heavy atom. The van der Waals surface area contributed by atoms with Crippen LogP contribution >= 0.6 is 0 Å². The van der Waals surface area contributed by atoms with Gasteiger partial charge in [0.2, 0.25) is 47.1 Å². The number of carbonyl (C=O) groups excluding carboxylic acids is 4. The molecule has 4 aromatic carbocycles. The molecule has 4 fully saturated rings. The van der Waals surface area contributed by atoms with E-state index in [2.05, 4.69) is 92.3 Å². The zero-order valence-electron chi connectivity index (χ0n) is 76.9. The number of aromatic nitrogens is 21. The van der Waals surface area contributed by atoms with Gasteiger partial charge in [-0.1, -0.05) is 38.4 Å². The lowest BCUT2D eigenvalue weighted by Crippen LogP contribution is -2.40. The van der Waals surface area contributed by atoms with Gasteiger partial charge in [0.15, 0.2) is 23.3 Å². The predicted molar refractivity (Wildman–Crippen MR) is 526 cm³/mol. The van der Waals surface area contributed by atoms with E-state index in [1.54, 1.807) is 75.0 Å². The molecule has 4 aliphatic rings. The van der Waals surface area contributed by atoms with E-state index in [9.17, 15) is 38.4 Å². The van der Waals surface area contributed by atoms with Crippen LogP contribution < -0.4 is 64.1 Å². The first-order valence-corrected chi connectivity index (χ1v) is 45.2. The number of ether oxygens (including phenoxy) is 4. The summed E-state index contributed by atoms with van der Waals surface area (Å²) in [6.07, 6.45) is 14.9. The van der Waals surface area contributed by atoms with Crippen molar-refractivity contribution in [2.45, 2.75) is 103 Å². The summed E-state index contributed by atoms with van der Waals surface area (Å²) in [7, 11) is 0. The third-order valence-corrected chi connectivity index (χ3v) is 24.4. The lowest BCUT2D eigenvalue weighted by atomic mass is 10.1. The summed E-state index contributed by atoms with van der Waals surface area (Å²) >= 11 is 0. The highest BCUT2D eigenvalue weighted by Crippen LogP contribution is 2.41. The van der Waals surface area contributed by atoms with Crippen LogP contribution in [0.15, 0.2) is 234 Å². The van der Waals surface area contributed by atoms with Gasteiger partial charge in [0.1, 0.15) is 67.8 Å². The molecule has 4 atom stereocenters. The Bertz CT molecular complexity index is 7210. The third kappa shape index (κ3) is 20.2. The van der Waals surface area contributed by atoms with E-state index in [1.807, 2.05) is 155 Å². The molecule has 712 valence electrons. The second-order valence-electron chi connectivity index (χ2n) is 33.9. The molecule has 4 unspecified atom stereocenters. The maximum atomic E-state index is 12.8. The Morgan fingerprint density at radius 2 is 0.679 bits per heavy atom. The van der Waals surface area contributed by atoms with Crippen molar-refractivity contribution >= 4 is 90.5 Å². The maximum Gasteiger partial charge on any atom is 0.290 e. The molecule has 41 nitrogen and oxygen atoms in total. The van der Waals surface area contributed by atoms with Gasteiger partial charge in [-0.25, -0.2) is 35.3 Å². The average Bonchev–Trinajstić information content (AvgIpc) is 1.61. The number of fused-ring (bicyclic) bond motifs is 4. The van der Waals surface area contributed by atoms with Gasteiger partial charge in [-0.3, -0.25) is 57.1 Å². The number of nitrogens with one attached hydrogen (secondary N) is 4. The number of nitrogens with zero attached hydrogens (tertiary/aromatic N) is 21. The first-order valence-electron chi connectivity index (χ1n) is 45.2. The number of rotatable bonds is 20. The number of aryl methyl sites for hydroxylation is 4. The first-order chi connectivity index (χ1) is 67.8. The van der Waals surface area contributed by atoms with Gasteiger partial charge in [0.25, 0.3) is 22.2 Å². The molecule has 12 aromatic heterocycles. The molecule has 0 bridgehead atoms. The lowest BCUT2D eigenvalue weighted by Gasteiger charge is -2.32. The zero-order valence-corrected chi connectivity index (χ0v) is 76.9. The number of H-pyrrole nitrogens is 4. The van der Waals surface area contributed by atoms with Gasteiger partial charge >= 0.3 is 0 Å². The number of hydrogen-bond acceptors (Lipinski definition) is 29. The molecule has 20 rings (SSSR count). The van der Waals surface area contributed by atoms with Crippen LogP contribution in [-0.4, -0.2) is 201 Å². The van der Waals surface area contributed by atoms with E-state index in [0.717, 1.165) is 96.1 Å². The Labute approximate surface area is 797 Å². The number of piperidine rings is 4. The standard InChI is InChI=1S/3C25H25N7O3.C24H24N8O3/c1-3-20(33)31-13-5-7-17(14-31)32-23-21(24(26)28-29-25(23)34)22(30-32)16-9-11-18(12-10-16)35-19-8-4-6-15(2)27-19;1-3-20(33)31-12-4-5-17(14-31)32-23-21(24(26)28-29-25(23)34)22(30-32)16-7-9-18(10-8-16)35-19-11-6-15(2)13-27-19;1-3-20(33)31-12-4-5-17(14-31)32-23-21(24(26)28-29-25(23)34)22(30-32)16-6-8-18(9-7-16)35-19-13-15(2)10-11-27-19;1-3-19(33)31-12-4-5-16(13-31)32-22-20(23(25)28-29-24(22)34)21(30-32)15-7-9-17(10-8-15)35-18-11-6-14(2)26-27-18/h3-4,6,8-12,17H,1,5,7,13-14H2,2H3,(H2,26,28)(H,29,34);2*3,6-11,13,17H,1,4-5,12,14H2,2H3,(H2,26,28)(H,29,34);3,6-11,16H,1,4-5,12-13H2,2H3,(H2,25,28)(H,29,34). The summed E-state index contributed by atoms with van der Waals surface area (Å²) in [5, 5.41) is 54.8. The molecule has 0 spiro atoms. The minimum absolute atomic E-state index is 0.139. The van der Waals surface area contributed by atoms with E-state index in [0.29, 0.717) is 165 Å². The topological polar surface area (TPSA) is 541 Å². The van der Waals surface area contributed by atoms with Crippen LogP contribution in [0.2, 0.25) is 0 Å². The summed E-state index contributed by atoms with van der Waals surface area (Å²) in [5.74, 6) is 4.46. The molecule has 4 aliphatic heterocycles. The van der Waals surface area contributed by atoms with Crippen molar-refractivity contribution in [2.75, 3.05) is 75.3 Å². The fraction of sp³-hybridized carbons (Fsp3) is 0.242. The largest absolute Gasteiger partial charge is 0.439 e. The minimum atomic E-state index is -0.391. The molecule has 0 aliphatic carbocycles. The number of benzene rings is 4. The first kappa shape index (κ1) is 93.8. The smallest absolute Gasteiger partial charge is 0.290 e. The van der Waals surface area contributed by atoms with Gasteiger partial charge in [-0.2, -0.15) is 45.9 Å². The number of aromatic amines is 4. The molecule has 16 heterocycles. The van der Waals surface area contributed by atoms with Crippen LogP contribution in [0.5, 0.6) is 46.5 Å². The van der Waals surface area contributed by atoms with Crippen LogP contribution in [0.1, 0.15) is 98.0 Å². The molecule has 140 heavy (non-hydrogen) atoms. The average molecular weight is 1890 g/mol. The lowest BCUT2D eigenvalue weighted by molar-refractivity contribution is -0.128. The van der Waals surface area contributed by atoms with Gasteiger partial charge in [-0.15, -0.1) is 5.10 Å². The van der Waals surface area contributed by atoms with Crippen LogP contribution in [0.25, 0.3) is 88.6 Å². The van der Waals surface area contributed by atoms with Crippen molar-refractivity contribution in [1.82, 2.24) is 125 Å². The van der Waals surface area contributed by atoms with Crippen molar-refractivity contribution in [1.29, 1.82) is 0 Å². The number of amides is 4. The number of anilines is 4. The van der Waals surface area contributed by atoms with E-state index in [-0.39, 0.29) is 87.7 Å². The summed E-state index contributed by atoms with van der Waals surface area (Å²) < 4.78 is 30.0. The second-order valence-corrected chi connectivity index (χ2v) is 33.9. The van der Waals surface area contributed by atoms with Crippen molar-refractivity contribution in [3.05, 3.63) is 279 Å². The molecule has 4 saturated heterocycles. The Hall–Kier alpha value is -17.9. The summed E-state index contributed by atoms with van der Waals surface area (Å²) in [5.41, 5.74) is 33.6. The number of carbonyl (C=O) groups is 4. The highest BCUT2D eigenvalue weighted by molar-refractivity contribution is 6.03. The van der Waals surface area contributed by atoms with E-state index < -0.39 is 5.56 Å². The van der Waals surface area contributed by atoms with E-state index >= 15 is 0 Å². The Morgan fingerprint density at radius 3 is 0.979 bits per heavy atom. The highest BCUT2D eigenvalue weighted by atomic mass is 16.5. The molecule has 4 amide bonds. The normalized spacial score (nSPS) is 15.8. The molecule has 41 heteroatoms. The third-order valence-electron chi connectivity index (χ3n) is 24.4. The summed E-state index contributed by atoms with van der Waals surface area (Å²) in [6, 6.07) is 45.1. The fourth-order valence-corrected chi connectivity index (χ4v) is 17.6. The Kier molecular flexibility index (Phi) is 27.5. The van der Waals surface area contributed by atoms with Crippen LogP contribution in [0.3, 0.4) is 0 Å². The number of pyridine rings is 3. The van der Waals surface area contributed by atoms with Gasteiger partial charge in [0.05, 0.1) is 51.4 Å². The highest BCUT2D eigenvalue weighted by Gasteiger charge is 2.35. The monoisotopic (exact) mass is 1890 g/mol. The minimum Gasteiger partial charge on any atom is -0.439 e. The SMILES string of the molecule is C=CC(=O)N1CCCC(n2nc(-c3ccc(Oc4cc(C)ccn4)cc3)c3c(N)n[nH]c(=O)c32)C1.C=CC(=O)N1CCCC(n2nc(-c3ccc(Oc4ccc(C)cn4)cc3)c3c(N)n[nH]c(=O)c32)C1.C=CC(=O)N1CCCC(n2nc(-c3ccc(Oc4ccc(C)nn4)cc3)c3c(N)n[nH]c(=O)c32)C1.C=CC(=O)N1CCCC(n2nc(-c3ccc(Oc4cccc(C)n4)cc3)c3c(N)n[nH]c(=O)c32)C1.